The molecule has 100 valence electrons. The zero-order chi connectivity index (χ0) is 14.1. The normalized spacial score (nSPS) is 13.5. The van der Waals surface area contributed by atoms with Crippen molar-refractivity contribution >= 4 is 11.9 Å². The fourth-order valence-corrected chi connectivity index (χ4v) is 0.785. The summed E-state index contributed by atoms with van der Waals surface area (Å²) in [7, 11) is 0. The first-order valence-electron chi connectivity index (χ1n) is 3.95. The van der Waals surface area contributed by atoms with Gasteiger partial charge < -0.3 is 10.2 Å². The van der Waals surface area contributed by atoms with E-state index in [0.29, 0.717) is 0 Å². The van der Waals surface area contributed by atoms with Gasteiger partial charge in [0.25, 0.3) is 0 Å². The Morgan fingerprint density at radius 2 is 1.35 bits per heavy atom. The van der Waals surface area contributed by atoms with E-state index in [1.165, 1.54) is 0 Å². The summed E-state index contributed by atoms with van der Waals surface area (Å²) in [6.07, 6.45) is -3.60. The molecule has 0 atom stereocenters. The maximum Gasteiger partial charge on any atom is 0.410 e. The van der Waals surface area contributed by atoms with Gasteiger partial charge in [0.2, 0.25) is 0 Å². The summed E-state index contributed by atoms with van der Waals surface area (Å²) in [6, 6.07) is 0. The van der Waals surface area contributed by atoms with E-state index in [1.807, 2.05) is 0 Å². The molecule has 0 saturated heterocycles. The van der Waals surface area contributed by atoms with Crippen LogP contribution in [-0.4, -0.2) is 39.9 Å². The van der Waals surface area contributed by atoms with Crippen LogP contribution in [0.25, 0.3) is 0 Å². The van der Waals surface area contributed by atoms with Crippen LogP contribution in [0.3, 0.4) is 0 Å². The topological polar surface area (TPSA) is 74.6 Å². The Hall–Kier alpha value is -1.48. The molecule has 0 radical (unpaired) electrons. The number of carboxylic acid groups (broad SMARTS) is 2. The zero-order valence-electron chi connectivity index (χ0n) is 7.89. The highest BCUT2D eigenvalue weighted by Crippen LogP contribution is 2.47. The quantitative estimate of drug-likeness (QED) is 0.721. The van der Waals surface area contributed by atoms with Gasteiger partial charge in [-0.05, 0) is 0 Å². The molecule has 0 spiro atoms. The number of hydrogen-bond donors (Lipinski definition) is 2. The highest BCUT2D eigenvalue weighted by atomic mass is 19.3. The summed E-state index contributed by atoms with van der Waals surface area (Å²) < 4.78 is 75.3. The van der Waals surface area contributed by atoms with Crippen molar-refractivity contribution in [2.45, 2.75) is 30.6 Å². The fraction of sp³-hybridized carbons (Fsp3) is 0.714. The summed E-state index contributed by atoms with van der Waals surface area (Å²) in [5, 5.41) is 15.7. The lowest BCUT2D eigenvalue weighted by Gasteiger charge is -2.29. The van der Waals surface area contributed by atoms with Gasteiger partial charge in [0.1, 0.15) is 0 Å². The van der Waals surface area contributed by atoms with E-state index < -0.39 is 42.5 Å². The number of halogens is 6. The number of hydrogen-bond acceptors (Lipinski definition) is 2. The van der Waals surface area contributed by atoms with Crippen molar-refractivity contribution in [1.82, 2.24) is 0 Å². The molecule has 0 aliphatic heterocycles. The molecule has 0 aromatic rings. The highest BCUT2D eigenvalue weighted by Gasteiger charge is 2.74. The second-order valence-corrected chi connectivity index (χ2v) is 3.05. The Bertz CT molecular complexity index is 326. The standard InChI is InChI=1S/C7H6F6O4/c8-5(9,2-1-3(14)15)7(12,13)6(10,11)4(16)17/h1-2H2,(H,14,15)(H,16,17). The van der Waals surface area contributed by atoms with E-state index >= 15 is 0 Å². The lowest BCUT2D eigenvalue weighted by molar-refractivity contribution is -0.304. The molecule has 0 bridgehead atoms. The minimum absolute atomic E-state index is 1.50. The van der Waals surface area contributed by atoms with Crippen LogP contribution in [0.1, 0.15) is 12.8 Å². The van der Waals surface area contributed by atoms with Gasteiger partial charge in [-0.1, -0.05) is 0 Å². The maximum atomic E-state index is 12.7. The Balaban J connectivity index is 5.14. The van der Waals surface area contributed by atoms with Crippen LogP contribution in [-0.2, 0) is 9.59 Å². The van der Waals surface area contributed by atoms with Crippen molar-refractivity contribution in [3.05, 3.63) is 0 Å². The Labute approximate surface area is 89.8 Å². The van der Waals surface area contributed by atoms with Crippen LogP contribution < -0.4 is 0 Å². The summed E-state index contributed by atoms with van der Waals surface area (Å²) >= 11 is 0. The second-order valence-electron chi connectivity index (χ2n) is 3.05. The molecule has 0 saturated carbocycles. The lowest BCUT2D eigenvalue weighted by Crippen LogP contribution is -2.57. The summed E-state index contributed by atoms with van der Waals surface area (Å²) in [5.74, 6) is -22.9. The molecule has 2 N–H and O–H groups in total. The highest BCUT2D eigenvalue weighted by molar-refractivity contribution is 5.77. The zero-order valence-corrected chi connectivity index (χ0v) is 7.89. The SMILES string of the molecule is O=C(O)CCC(F)(F)C(F)(F)C(F)(F)C(=O)O. The number of carboxylic acids is 2. The molecule has 4 nitrogen and oxygen atoms in total. The van der Waals surface area contributed by atoms with Gasteiger partial charge >= 0.3 is 29.7 Å². The van der Waals surface area contributed by atoms with E-state index in [2.05, 4.69) is 0 Å². The molecule has 0 heterocycles. The van der Waals surface area contributed by atoms with Crippen LogP contribution in [0.5, 0.6) is 0 Å². The molecule has 0 unspecified atom stereocenters. The molecular weight excluding hydrogens is 262 g/mol. The van der Waals surface area contributed by atoms with E-state index in [0.717, 1.165) is 0 Å². The van der Waals surface area contributed by atoms with Gasteiger partial charge in [0.15, 0.2) is 0 Å². The third-order valence-electron chi connectivity index (χ3n) is 1.78. The second kappa shape index (κ2) is 4.41. The fourth-order valence-electron chi connectivity index (χ4n) is 0.785. The van der Waals surface area contributed by atoms with E-state index in [-0.39, 0.29) is 0 Å². The van der Waals surface area contributed by atoms with Crippen LogP contribution in [0.4, 0.5) is 26.3 Å². The molecule has 0 aromatic carbocycles. The molecule has 0 aliphatic rings. The molecule has 17 heavy (non-hydrogen) atoms. The average molecular weight is 268 g/mol. The van der Waals surface area contributed by atoms with Crippen molar-refractivity contribution in [3.63, 3.8) is 0 Å². The number of alkyl halides is 6. The van der Waals surface area contributed by atoms with Gasteiger partial charge in [-0.15, -0.1) is 0 Å². The van der Waals surface area contributed by atoms with E-state index in [4.69, 9.17) is 10.2 Å². The van der Waals surface area contributed by atoms with Gasteiger partial charge in [-0.3, -0.25) is 4.79 Å². The molecular formula is C7H6F6O4. The summed E-state index contributed by atoms with van der Waals surface area (Å²) in [4.78, 5) is 19.6. The predicted octanol–water partition coefficient (Wildman–Crippen LogP) is 1.84. The third kappa shape index (κ3) is 2.80. The maximum absolute atomic E-state index is 12.7. The van der Waals surface area contributed by atoms with Crippen LogP contribution >= 0.6 is 0 Å². The first-order chi connectivity index (χ1) is 7.36. The third-order valence-corrected chi connectivity index (χ3v) is 1.78. The van der Waals surface area contributed by atoms with Crippen molar-refractivity contribution < 1.29 is 46.1 Å². The van der Waals surface area contributed by atoms with Crippen LogP contribution in [0, 0.1) is 0 Å². The first-order valence-corrected chi connectivity index (χ1v) is 3.95. The minimum atomic E-state index is -6.18. The molecule has 0 amide bonds. The smallest absolute Gasteiger partial charge is 0.410 e. The molecule has 10 heteroatoms. The summed E-state index contributed by atoms with van der Waals surface area (Å²) in [5.41, 5.74) is 0. The van der Waals surface area contributed by atoms with Crippen LogP contribution in [0.2, 0.25) is 0 Å². The van der Waals surface area contributed by atoms with Gasteiger partial charge in [0, 0.05) is 6.42 Å². The number of carbonyl (C=O) groups is 2. The minimum Gasteiger partial charge on any atom is -0.481 e. The molecule has 0 aliphatic carbocycles. The first kappa shape index (κ1) is 15.5. The van der Waals surface area contributed by atoms with E-state index in [9.17, 15) is 35.9 Å². The average Bonchev–Trinajstić information content (AvgIpc) is 2.14. The Kier molecular flexibility index (Phi) is 4.03. The van der Waals surface area contributed by atoms with Gasteiger partial charge in [0.05, 0.1) is 6.42 Å². The Morgan fingerprint density at radius 1 is 0.941 bits per heavy atom. The lowest BCUT2D eigenvalue weighted by atomic mass is 10.0. The van der Waals surface area contributed by atoms with E-state index in [1.54, 1.807) is 0 Å². The Morgan fingerprint density at radius 3 is 1.65 bits per heavy atom. The van der Waals surface area contributed by atoms with Crippen molar-refractivity contribution in [2.75, 3.05) is 0 Å². The van der Waals surface area contributed by atoms with Crippen molar-refractivity contribution in [3.8, 4) is 0 Å². The van der Waals surface area contributed by atoms with Crippen molar-refractivity contribution in [2.24, 2.45) is 0 Å². The summed E-state index contributed by atoms with van der Waals surface area (Å²) in [6.45, 7) is 0. The van der Waals surface area contributed by atoms with Crippen LogP contribution in [0.15, 0.2) is 0 Å². The monoisotopic (exact) mass is 268 g/mol. The largest absolute Gasteiger partial charge is 0.481 e. The van der Waals surface area contributed by atoms with Crippen molar-refractivity contribution in [1.29, 1.82) is 0 Å². The number of aliphatic carboxylic acids is 2. The van der Waals surface area contributed by atoms with Gasteiger partial charge in [-0.2, -0.15) is 26.3 Å². The molecule has 0 rings (SSSR count). The number of rotatable bonds is 6. The molecule has 0 aromatic heterocycles. The predicted molar refractivity (Wildman–Crippen MR) is 39.3 cm³/mol. The molecule has 0 fully saturated rings. The van der Waals surface area contributed by atoms with Gasteiger partial charge in [-0.25, -0.2) is 4.79 Å².